The maximum absolute atomic E-state index is 12.0. The number of nitrogens with zero attached hydrogens (tertiary/aromatic N) is 6. The second-order valence-electron chi connectivity index (χ2n) is 4.38. The van der Waals surface area contributed by atoms with Gasteiger partial charge in [0, 0.05) is 29.7 Å². The molecular weight excluding hydrogens is 312 g/mol. The third-order valence-corrected chi connectivity index (χ3v) is 3.71. The largest absolute Gasteiger partial charge is 0.310 e. The second kappa shape index (κ2) is 5.45. The van der Waals surface area contributed by atoms with Gasteiger partial charge in [0.1, 0.15) is 0 Å². The van der Waals surface area contributed by atoms with Crippen molar-refractivity contribution in [3.05, 3.63) is 45.4 Å². The molecule has 0 spiro atoms. The van der Waals surface area contributed by atoms with Gasteiger partial charge in [-0.25, -0.2) is 9.97 Å². The van der Waals surface area contributed by atoms with Gasteiger partial charge in [0.25, 0.3) is 5.56 Å². The first kappa shape index (κ1) is 14.0. The van der Waals surface area contributed by atoms with Crippen molar-refractivity contribution in [2.24, 2.45) is 0 Å². The Morgan fingerprint density at radius 1 is 1.33 bits per heavy atom. The van der Waals surface area contributed by atoms with E-state index >= 15 is 0 Å². The minimum absolute atomic E-state index is 0.195. The van der Waals surface area contributed by atoms with Gasteiger partial charge in [-0.3, -0.25) is 4.79 Å². The Balaban J connectivity index is 2.14. The van der Waals surface area contributed by atoms with Crippen LogP contribution in [0.4, 0.5) is 0 Å². The van der Waals surface area contributed by atoms with E-state index in [1.54, 1.807) is 12.4 Å². The molecular formula is C12H11ClN6OS. The first-order valence-corrected chi connectivity index (χ1v) is 7.66. The van der Waals surface area contributed by atoms with Crippen LogP contribution < -0.4 is 5.56 Å². The Bertz CT molecular complexity index is 857. The first-order valence-electron chi connectivity index (χ1n) is 6.06. The van der Waals surface area contributed by atoms with Crippen LogP contribution in [0.1, 0.15) is 11.3 Å². The molecule has 0 unspecified atom stereocenters. The minimum Gasteiger partial charge on any atom is -0.310 e. The summed E-state index contributed by atoms with van der Waals surface area (Å²) in [6.45, 7) is 2.34. The zero-order valence-electron chi connectivity index (χ0n) is 11.3. The van der Waals surface area contributed by atoms with Gasteiger partial charge >= 0.3 is 0 Å². The van der Waals surface area contributed by atoms with E-state index in [4.69, 9.17) is 11.6 Å². The lowest BCUT2D eigenvalue weighted by Gasteiger charge is -2.10. The topological polar surface area (TPSA) is 78.0 Å². The predicted octanol–water partition coefficient (Wildman–Crippen LogP) is 1.41. The summed E-state index contributed by atoms with van der Waals surface area (Å²) in [5, 5.41) is 4.93. The van der Waals surface area contributed by atoms with Crippen LogP contribution in [-0.4, -0.2) is 35.4 Å². The fourth-order valence-corrected chi connectivity index (χ4v) is 2.40. The van der Waals surface area contributed by atoms with Gasteiger partial charge in [0.15, 0.2) is 0 Å². The number of hydrogen-bond donors (Lipinski definition) is 0. The van der Waals surface area contributed by atoms with E-state index in [9.17, 15) is 4.79 Å². The summed E-state index contributed by atoms with van der Waals surface area (Å²) in [5.41, 5.74) is 1.46. The molecule has 9 heteroatoms. The van der Waals surface area contributed by atoms with Crippen molar-refractivity contribution in [2.75, 3.05) is 6.26 Å². The van der Waals surface area contributed by atoms with E-state index < -0.39 is 0 Å². The van der Waals surface area contributed by atoms with Crippen LogP contribution in [0.15, 0.2) is 28.4 Å². The van der Waals surface area contributed by atoms with Crippen LogP contribution in [0.3, 0.4) is 0 Å². The first-order chi connectivity index (χ1) is 10.1. The van der Waals surface area contributed by atoms with Gasteiger partial charge in [-0.2, -0.15) is 9.50 Å². The van der Waals surface area contributed by atoms with Crippen molar-refractivity contribution >= 4 is 29.1 Å². The van der Waals surface area contributed by atoms with Gasteiger partial charge in [0.2, 0.25) is 16.2 Å². The van der Waals surface area contributed by atoms with Crippen LogP contribution in [-0.2, 0) is 6.54 Å². The number of halogens is 1. The highest BCUT2D eigenvalue weighted by Crippen LogP contribution is 2.13. The third kappa shape index (κ3) is 2.64. The van der Waals surface area contributed by atoms with Crippen molar-refractivity contribution in [3.8, 4) is 0 Å². The molecule has 7 nitrogen and oxygen atoms in total. The van der Waals surface area contributed by atoms with Crippen molar-refractivity contribution < 1.29 is 0 Å². The maximum atomic E-state index is 12.0. The lowest BCUT2D eigenvalue weighted by Crippen LogP contribution is -2.20. The Morgan fingerprint density at radius 2 is 2.05 bits per heavy atom. The smallest absolute Gasteiger partial charge is 0.275 e. The summed E-state index contributed by atoms with van der Waals surface area (Å²) in [4.78, 5) is 24.3. The summed E-state index contributed by atoms with van der Waals surface area (Å²) in [5.74, 6) is 0.499. The molecule has 0 fully saturated rings. The molecule has 0 bridgehead atoms. The molecule has 0 N–H and O–H groups in total. The van der Waals surface area contributed by atoms with Crippen LogP contribution in [0.25, 0.3) is 5.78 Å². The number of aryl methyl sites for hydroxylation is 1. The minimum atomic E-state index is -0.195. The molecule has 0 aliphatic carbocycles. The van der Waals surface area contributed by atoms with Crippen LogP contribution in [0.5, 0.6) is 0 Å². The van der Waals surface area contributed by atoms with Gasteiger partial charge < -0.3 is 4.57 Å². The van der Waals surface area contributed by atoms with Crippen molar-refractivity contribution in [2.45, 2.75) is 18.6 Å². The Kier molecular flexibility index (Phi) is 3.64. The molecule has 0 saturated heterocycles. The average molecular weight is 323 g/mol. The second-order valence-corrected chi connectivity index (χ2v) is 5.49. The predicted molar refractivity (Wildman–Crippen MR) is 79.9 cm³/mol. The van der Waals surface area contributed by atoms with E-state index in [0.29, 0.717) is 17.5 Å². The van der Waals surface area contributed by atoms with Gasteiger partial charge in [0.05, 0.1) is 6.54 Å². The number of thioether (sulfide) groups is 1. The zero-order chi connectivity index (χ0) is 15.0. The van der Waals surface area contributed by atoms with Gasteiger partial charge in [-0.1, -0.05) is 11.8 Å². The standard InChI is InChI=1S/C12H11ClN6OS/c1-7-3-9(20)19-12(16-11(17-19)21-2)18(7)6-8-4-14-10(13)15-5-8/h3-5H,6H2,1-2H3. The van der Waals surface area contributed by atoms with E-state index in [1.165, 1.54) is 22.3 Å². The monoisotopic (exact) mass is 322 g/mol. The van der Waals surface area contributed by atoms with Crippen LogP contribution in [0.2, 0.25) is 5.28 Å². The normalized spacial score (nSPS) is 11.2. The summed E-state index contributed by atoms with van der Waals surface area (Å²) < 4.78 is 3.19. The molecule has 21 heavy (non-hydrogen) atoms. The fraction of sp³-hybridized carbons (Fsp3) is 0.250. The summed E-state index contributed by atoms with van der Waals surface area (Å²) in [7, 11) is 0. The van der Waals surface area contributed by atoms with Crippen molar-refractivity contribution in [1.29, 1.82) is 0 Å². The van der Waals surface area contributed by atoms with Crippen LogP contribution in [0, 0.1) is 6.92 Å². The highest BCUT2D eigenvalue weighted by Gasteiger charge is 2.12. The molecule has 3 aromatic rings. The quantitative estimate of drug-likeness (QED) is 0.536. The molecule has 108 valence electrons. The number of aromatic nitrogens is 6. The highest BCUT2D eigenvalue weighted by atomic mass is 35.5. The SMILES string of the molecule is CSc1nc2n(Cc3cnc(Cl)nc3)c(C)cc(=O)n2n1. The molecule has 0 radical (unpaired) electrons. The molecule has 3 rings (SSSR count). The van der Waals surface area contributed by atoms with Crippen LogP contribution >= 0.6 is 23.4 Å². The Morgan fingerprint density at radius 3 is 2.71 bits per heavy atom. The zero-order valence-corrected chi connectivity index (χ0v) is 12.9. The number of hydrogen-bond acceptors (Lipinski definition) is 6. The lowest BCUT2D eigenvalue weighted by molar-refractivity contribution is 0.724. The van der Waals surface area contributed by atoms with Gasteiger partial charge in [-0.05, 0) is 24.8 Å². The van der Waals surface area contributed by atoms with E-state index in [-0.39, 0.29) is 10.8 Å². The molecule has 0 aliphatic rings. The molecule has 3 aromatic heterocycles. The van der Waals surface area contributed by atoms with Crippen molar-refractivity contribution in [3.63, 3.8) is 0 Å². The van der Waals surface area contributed by atoms with E-state index in [2.05, 4.69) is 20.1 Å². The van der Waals surface area contributed by atoms with E-state index in [1.807, 2.05) is 17.7 Å². The fourth-order valence-electron chi connectivity index (χ4n) is 1.97. The van der Waals surface area contributed by atoms with E-state index in [0.717, 1.165) is 11.3 Å². The molecule has 3 heterocycles. The number of fused-ring (bicyclic) bond motifs is 1. The molecule has 0 saturated carbocycles. The molecule has 0 aliphatic heterocycles. The molecule has 0 aromatic carbocycles. The Hall–Kier alpha value is -1.93. The third-order valence-electron chi connectivity index (χ3n) is 2.98. The van der Waals surface area contributed by atoms with Gasteiger partial charge in [-0.15, -0.1) is 5.10 Å². The summed E-state index contributed by atoms with van der Waals surface area (Å²) in [6, 6.07) is 1.53. The van der Waals surface area contributed by atoms with Crippen molar-refractivity contribution in [1.82, 2.24) is 29.1 Å². The average Bonchev–Trinajstić information content (AvgIpc) is 2.90. The summed E-state index contributed by atoms with van der Waals surface area (Å²) in [6.07, 6.45) is 5.16. The Labute approximate surface area is 129 Å². The molecule has 0 atom stereocenters. The lowest BCUT2D eigenvalue weighted by atomic mass is 10.3. The number of rotatable bonds is 3. The highest BCUT2D eigenvalue weighted by molar-refractivity contribution is 7.98. The summed E-state index contributed by atoms with van der Waals surface area (Å²) >= 11 is 7.07. The maximum Gasteiger partial charge on any atom is 0.275 e. The molecule has 0 amide bonds.